The number of hydrogen-bond acceptors (Lipinski definition) is 4. The van der Waals surface area contributed by atoms with Gasteiger partial charge in [-0.1, -0.05) is 54.1 Å². The first-order valence-electron chi connectivity index (χ1n) is 8.63. The minimum Gasteiger partial charge on any atom is -0.465 e. The Morgan fingerprint density at radius 3 is 2.54 bits per heavy atom. The number of thiophene rings is 1. The van der Waals surface area contributed by atoms with Crippen LogP contribution >= 0.6 is 35.2 Å². The molecule has 1 heterocycles. The zero-order valence-corrected chi connectivity index (χ0v) is 17.6. The van der Waals surface area contributed by atoms with E-state index in [1.54, 1.807) is 0 Å². The number of carbonyl (C=O) groups excluding carboxylic acids is 1. The van der Waals surface area contributed by atoms with Gasteiger partial charge in [0, 0.05) is 16.4 Å². The van der Waals surface area contributed by atoms with E-state index < -0.39 is 5.97 Å². The summed E-state index contributed by atoms with van der Waals surface area (Å²) in [6.45, 7) is 0.665. The van der Waals surface area contributed by atoms with Gasteiger partial charge in [-0.05, 0) is 48.0 Å². The van der Waals surface area contributed by atoms with Crippen LogP contribution in [-0.2, 0) is 11.2 Å². The van der Waals surface area contributed by atoms with Crippen molar-refractivity contribution in [2.45, 2.75) is 6.42 Å². The van der Waals surface area contributed by atoms with Crippen molar-refractivity contribution >= 4 is 51.2 Å². The molecule has 0 bridgehead atoms. The van der Waals surface area contributed by atoms with Crippen molar-refractivity contribution in [3.63, 3.8) is 0 Å². The van der Waals surface area contributed by atoms with Gasteiger partial charge in [-0.3, -0.25) is 0 Å². The third kappa shape index (κ3) is 5.32. The lowest BCUT2D eigenvalue weighted by Crippen LogP contribution is -2.30. The van der Waals surface area contributed by atoms with Gasteiger partial charge in [-0.15, -0.1) is 11.3 Å². The van der Waals surface area contributed by atoms with Crippen molar-refractivity contribution in [2.24, 2.45) is 0 Å². The SMILES string of the molecule is COC(=O)c1cc(-c2ccccc2)sc1NC(=S)NCCc1ccc(Cl)cc1. The van der Waals surface area contributed by atoms with E-state index in [0.717, 1.165) is 27.4 Å². The summed E-state index contributed by atoms with van der Waals surface area (Å²) >= 11 is 12.8. The van der Waals surface area contributed by atoms with E-state index in [2.05, 4.69) is 10.6 Å². The maximum atomic E-state index is 12.2. The van der Waals surface area contributed by atoms with Crippen molar-refractivity contribution < 1.29 is 9.53 Å². The maximum Gasteiger partial charge on any atom is 0.340 e. The van der Waals surface area contributed by atoms with E-state index in [-0.39, 0.29) is 0 Å². The largest absolute Gasteiger partial charge is 0.465 e. The van der Waals surface area contributed by atoms with Crippen LogP contribution in [0, 0.1) is 0 Å². The molecular weight excluding hydrogens is 412 g/mol. The number of carbonyl (C=O) groups is 1. The van der Waals surface area contributed by atoms with Gasteiger partial charge in [0.15, 0.2) is 5.11 Å². The molecule has 2 aromatic carbocycles. The highest BCUT2D eigenvalue weighted by Crippen LogP contribution is 2.35. The summed E-state index contributed by atoms with van der Waals surface area (Å²) < 4.78 is 4.91. The van der Waals surface area contributed by atoms with E-state index in [9.17, 15) is 4.79 Å². The van der Waals surface area contributed by atoms with Gasteiger partial charge in [0.2, 0.25) is 0 Å². The molecule has 0 saturated heterocycles. The zero-order chi connectivity index (χ0) is 19.9. The summed E-state index contributed by atoms with van der Waals surface area (Å²) in [4.78, 5) is 13.1. The van der Waals surface area contributed by atoms with Gasteiger partial charge in [0.05, 0.1) is 12.7 Å². The highest BCUT2D eigenvalue weighted by atomic mass is 35.5. The Hall–Kier alpha value is -2.41. The summed E-state index contributed by atoms with van der Waals surface area (Å²) in [5, 5.41) is 8.14. The molecule has 0 aliphatic heterocycles. The lowest BCUT2D eigenvalue weighted by molar-refractivity contribution is 0.0602. The molecule has 0 aliphatic rings. The lowest BCUT2D eigenvalue weighted by atomic mass is 10.1. The summed E-state index contributed by atoms with van der Waals surface area (Å²) in [7, 11) is 1.37. The fourth-order valence-corrected chi connectivity index (χ4v) is 4.06. The average molecular weight is 431 g/mol. The molecular formula is C21H19ClN2O2S2. The molecule has 1 aromatic heterocycles. The molecule has 144 valence electrons. The molecule has 0 spiro atoms. The number of ether oxygens (including phenoxy) is 1. The predicted octanol–water partition coefficient (Wildman–Crippen LogP) is 5.38. The first-order valence-corrected chi connectivity index (χ1v) is 10.2. The second-order valence-electron chi connectivity index (χ2n) is 5.97. The van der Waals surface area contributed by atoms with Crippen LogP contribution in [0.1, 0.15) is 15.9 Å². The van der Waals surface area contributed by atoms with Gasteiger partial charge in [0.25, 0.3) is 0 Å². The zero-order valence-electron chi connectivity index (χ0n) is 15.2. The summed E-state index contributed by atoms with van der Waals surface area (Å²) in [6, 6.07) is 19.4. The molecule has 28 heavy (non-hydrogen) atoms. The molecule has 3 rings (SSSR count). The Labute approximate surface area is 178 Å². The van der Waals surface area contributed by atoms with Gasteiger partial charge in [-0.2, -0.15) is 0 Å². The number of halogens is 1. The standard InChI is InChI=1S/C21H19ClN2O2S2/c1-26-20(25)17-13-18(15-5-3-2-4-6-15)28-19(17)24-21(27)23-12-11-14-7-9-16(22)10-8-14/h2-10,13H,11-12H2,1H3,(H2,23,24,27). The van der Waals surface area contributed by atoms with Crippen LogP contribution in [-0.4, -0.2) is 24.7 Å². The van der Waals surface area contributed by atoms with Crippen LogP contribution < -0.4 is 10.6 Å². The molecule has 0 atom stereocenters. The van der Waals surface area contributed by atoms with E-state index in [1.165, 1.54) is 18.4 Å². The van der Waals surface area contributed by atoms with Gasteiger partial charge in [-0.25, -0.2) is 4.79 Å². The molecule has 0 saturated carbocycles. The number of nitrogens with one attached hydrogen (secondary N) is 2. The Bertz CT molecular complexity index is 956. The van der Waals surface area contributed by atoms with Crippen molar-refractivity contribution in [1.82, 2.24) is 5.32 Å². The fourth-order valence-electron chi connectivity index (χ4n) is 2.61. The van der Waals surface area contributed by atoms with E-state index in [1.807, 2.05) is 60.7 Å². The van der Waals surface area contributed by atoms with Gasteiger partial charge in [0.1, 0.15) is 5.00 Å². The quantitative estimate of drug-likeness (QED) is 0.406. The smallest absolute Gasteiger partial charge is 0.340 e. The van der Waals surface area contributed by atoms with Crippen LogP contribution in [0.4, 0.5) is 5.00 Å². The van der Waals surface area contributed by atoms with Crippen LogP contribution in [0.2, 0.25) is 5.02 Å². The third-order valence-corrected chi connectivity index (χ3v) is 5.63. The lowest BCUT2D eigenvalue weighted by Gasteiger charge is -2.10. The van der Waals surface area contributed by atoms with Crippen LogP contribution in [0.3, 0.4) is 0 Å². The van der Waals surface area contributed by atoms with Crippen molar-refractivity contribution in [1.29, 1.82) is 0 Å². The average Bonchev–Trinajstić information content (AvgIpc) is 3.13. The normalized spacial score (nSPS) is 10.4. The summed E-state index contributed by atoms with van der Waals surface area (Å²) in [5.41, 5.74) is 2.66. The highest BCUT2D eigenvalue weighted by Gasteiger charge is 2.18. The van der Waals surface area contributed by atoms with Crippen molar-refractivity contribution in [2.75, 3.05) is 19.0 Å². The Kier molecular flexibility index (Phi) is 7.03. The first-order chi connectivity index (χ1) is 13.6. The van der Waals surface area contributed by atoms with Crippen molar-refractivity contribution in [3.8, 4) is 10.4 Å². The topological polar surface area (TPSA) is 50.4 Å². The molecule has 4 nitrogen and oxygen atoms in total. The molecule has 0 aliphatic carbocycles. The second kappa shape index (κ2) is 9.68. The summed E-state index contributed by atoms with van der Waals surface area (Å²) in [5.74, 6) is -0.398. The number of thiocarbonyl (C=S) groups is 1. The maximum absolute atomic E-state index is 12.2. The van der Waals surface area contributed by atoms with Gasteiger partial charge < -0.3 is 15.4 Å². The molecule has 0 amide bonds. The van der Waals surface area contributed by atoms with Crippen LogP contribution in [0.5, 0.6) is 0 Å². The number of anilines is 1. The highest BCUT2D eigenvalue weighted by molar-refractivity contribution is 7.80. The third-order valence-electron chi connectivity index (χ3n) is 4.04. The number of esters is 1. The number of benzene rings is 2. The fraction of sp³-hybridized carbons (Fsp3) is 0.143. The van der Waals surface area contributed by atoms with Crippen LogP contribution in [0.25, 0.3) is 10.4 Å². The number of rotatable bonds is 6. The van der Waals surface area contributed by atoms with E-state index >= 15 is 0 Å². The molecule has 3 aromatic rings. The molecule has 0 unspecified atom stereocenters. The van der Waals surface area contributed by atoms with Crippen molar-refractivity contribution in [3.05, 3.63) is 76.8 Å². The monoisotopic (exact) mass is 430 g/mol. The Morgan fingerprint density at radius 2 is 1.86 bits per heavy atom. The second-order valence-corrected chi connectivity index (χ2v) is 7.87. The van der Waals surface area contributed by atoms with Crippen LogP contribution in [0.15, 0.2) is 60.7 Å². The Morgan fingerprint density at radius 1 is 1.14 bits per heavy atom. The molecule has 2 N–H and O–H groups in total. The summed E-state index contributed by atoms with van der Waals surface area (Å²) in [6.07, 6.45) is 0.808. The van der Waals surface area contributed by atoms with E-state index in [0.29, 0.717) is 22.2 Å². The minimum absolute atomic E-state index is 0.398. The number of hydrogen-bond donors (Lipinski definition) is 2. The molecule has 7 heteroatoms. The van der Waals surface area contributed by atoms with Gasteiger partial charge >= 0.3 is 5.97 Å². The van der Waals surface area contributed by atoms with E-state index in [4.69, 9.17) is 28.6 Å². The molecule has 0 radical (unpaired) electrons. The molecule has 0 fully saturated rings. The number of methoxy groups -OCH3 is 1. The Balaban J connectivity index is 1.66. The minimum atomic E-state index is -0.398. The predicted molar refractivity (Wildman–Crippen MR) is 120 cm³/mol. The first kappa shape index (κ1) is 20.3.